The third-order valence-electron chi connectivity index (χ3n) is 2.59. The summed E-state index contributed by atoms with van der Waals surface area (Å²) in [7, 11) is 0. The molecule has 0 aliphatic heterocycles. The SMILES string of the molecule is CC(C)Cc1nn2c(nc3ccc(O)cc32)s1. The average Bonchev–Trinajstić information content (AvgIpc) is 2.74. The second kappa shape index (κ2) is 3.70. The van der Waals surface area contributed by atoms with Crippen molar-refractivity contribution in [3.05, 3.63) is 23.2 Å². The number of fused-ring (bicyclic) bond motifs is 3. The van der Waals surface area contributed by atoms with Crippen LogP contribution in [0.4, 0.5) is 0 Å². The summed E-state index contributed by atoms with van der Waals surface area (Å²) in [4.78, 5) is 5.38. The Morgan fingerprint density at radius 1 is 1.41 bits per heavy atom. The highest BCUT2D eigenvalue weighted by atomic mass is 32.1. The van der Waals surface area contributed by atoms with Gasteiger partial charge in [0.15, 0.2) is 0 Å². The normalized spacial score (nSPS) is 11.9. The van der Waals surface area contributed by atoms with Gasteiger partial charge in [-0.15, -0.1) is 0 Å². The van der Waals surface area contributed by atoms with Crippen molar-refractivity contribution < 1.29 is 5.11 Å². The van der Waals surface area contributed by atoms with Crippen molar-refractivity contribution in [3.8, 4) is 5.75 Å². The molecule has 88 valence electrons. The van der Waals surface area contributed by atoms with E-state index in [-0.39, 0.29) is 5.75 Å². The molecule has 2 aromatic heterocycles. The number of benzene rings is 1. The molecule has 4 nitrogen and oxygen atoms in total. The van der Waals surface area contributed by atoms with Crippen molar-refractivity contribution in [2.24, 2.45) is 5.92 Å². The van der Waals surface area contributed by atoms with Crippen molar-refractivity contribution >= 4 is 27.3 Å². The smallest absolute Gasteiger partial charge is 0.213 e. The van der Waals surface area contributed by atoms with Crippen molar-refractivity contribution in [1.29, 1.82) is 0 Å². The first-order valence-corrected chi connectivity index (χ1v) is 6.42. The number of phenols is 1. The van der Waals surface area contributed by atoms with E-state index in [4.69, 9.17) is 0 Å². The maximum absolute atomic E-state index is 9.49. The predicted molar refractivity (Wildman–Crippen MR) is 68.6 cm³/mol. The lowest BCUT2D eigenvalue weighted by Crippen LogP contribution is -1.94. The first-order chi connectivity index (χ1) is 8.13. The van der Waals surface area contributed by atoms with Crippen molar-refractivity contribution in [1.82, 2.24) is 14.6 Å². The molecule has 0 saturated heterocycles. The third kappa shape index (κ3) is 1.76. The Bertz CT molecular complexity index is 683. The molecule has 0 radical (unpaired) electrons. The summed E-state index contributed by atoms with van der Waals surface area (Å²) in [6, 6.07) is 5.16. The minimum atomic E-state index is 0.248. The predicted octanol–water partition coefficient (Wildman–Crippen LogP) is 2.85. The lowest BCUT2D eigenvalue weighted by atomic mass is 10.1. The number of phenolic OH excluding ortho intramolecular Hbond substituents is 1. The summed E-state index contributed by atoms with van der Waals surface area (Å²) >= 11 is 1.62. The molecule has 0 aliphatic rings. The van der Waals surface area contributed by atoms with Crippen LogP contribution < -0.4 is 0 Å². The number of rotatable bonds is 2. The minimum Gasteiger partial charge on any atom is -0.508 e. The number of aromatic hydroxyl groups is 1. The zero-order chi connectivity index (χ0) is 12.0. The van der Waals surface area contributed by atoms with Crippen molar-refractivity contribution in [2.75, 3.05) is 0 Å². The highest BCUT2D eigenvalue weighted by molar-refractivity contribution is 7.16. The molecule has 0 saturated carbocycles. The van der Waals surface area contributed by atoms with Gasteiger partial charge in [-0.25, -0.2) is 9.50 Å². The van der Waals surface area contributed by atoms with Crippen molar-refractivity contribution in [2.45, 2.75) is 20.3 Å². The molecule has 0 fully saturated rings. The summed E-state index contributed by atoms with van der Waals surface area (Å²) in [6.45, 7) is 4.35. The third-order valence-corrected chi connectivity index (χ3v) is 3.52. The van der Waals surface area contributed by atoms with Gasteiger partial charge in [-0.1, -0.05) is 25.2 Å². The first kappa shape index (κ1) is 10.5. The fourth-order valence-electron chi connectivity index (χ4n) is 1.86. The Morgan fingerprint density at radius 2 is 2.24 bits per heavy atom. The molecule has 0 aliphatic carbocycles. The van der Waals surface area contributed by atoms with Gasteiger partial charge in [-0.2, -0.15) is 5.10 Å². The minimum absolute atomic E-state index is 0.248. The van der Waals surface area contributed by atoms with Crippen LogP contribution in [0, 0.1) is 5.92 Å². The molecule has 1 N–H and O–H groups in total. The molecule has 0 spiro atoms. The van der Waals surface area contributed by atoms with E-state index in [0.29, 0.717) is 5.92 Å². The fourth-order valence-corrected chi connectivity index (χ4v) is 2.98. The van der Waals surface area contributed by atoms with Crippen LogP contribution in [0.15, 0.2) is 18.2 Å². The summed E-state index contributed by atoms with van der Waals surface area (Å²) in [5, 5.41) is 15.1. The number of aromatic nitrogens is 3. The second-order valence-electron chi connectivity index (χ2n) is 4.57. The van der Waals surface area contributed by atoms with Gasteiger partial charge in [-0.05, 0) is 18.1 Å². The molecule has 0 unspecified atom stereocenters. The van der Waals surface area contributed by atoms with Crippen LogP contribution in [0.3, 0.4) is 0 Å². The Morgan fingerprint density at radius 3 is 3.00 bits per heavy atom. The summed E-state index contributed by atoms with van der Waals surface area (Å²) in [5.74, 6) is 0.836. The topological polar surface area (TPSA) is 50.4 Å². The summed E-state index contributed by atoms with van der Waals surface area (Å²) in [6.07, 6.45) is 0.967. The summed E-state index contributed by atoms with van der Waals surface area (Å²) in [5.41, 5.74) is 1.74. The molecular formula is C12H13N3OS. The second-order valence-corrected chi connectivity index (χ2v) is 5.61. The molecule has 2 heterocycles. The van der Waals surface area contributed by atoms with Gasteiger partial charge in [0.2, 0.25) is 4.96 Å². The number of imidazole rings is 1. The van der Waals surface area contributed by atoms with Gasteiger partial charge in [0, 0.05) is 12.5 Å². The maximum Gasteiger partial charge on any atom is 0.213 e. The molecule has 0 amide bonds. The summed E-state index contributed by atoms with van der Waals surface area (Å²) < 4.78 is 1.82. The van der Waals surface area contributed by atoms with E-state index < -0.39 is 0 Å². The van der Waals surface area contributed by atoms with Crippen LogP contribution >= 0.6 is 11.3 Å². The molecule has 17 heavy (non-hydrogen) atoms. The Balaban J connectivity index is 2.19. The maximum atomic E-state index is 9.49. The number of nitrogens with zero attached hydrogens (tertiary/aromatic N) is 3. The van der Waals surface area contributed by atoms with E-state index in [9.17, 15) is 5.11 Å². The monoisotopic (exact) mass is 247 g/mol. The molecule has 3 rings (SSSR count). The van der Waals surface area contributed by atoms with E-state index in [1.165, 1.54) is 0 Å². The van der Waals surface area contributed by atoms with Gasteiger partial charge in [-0.3, -0.25) is 0 Å². The van der Waals surface area contributed by atoms with Gasteiger partial charge >= 0.3 is 0 Å². The molecule has 0 bridgehead atoms. The Hall–Kier alpha value is -1.62. The van der Waals surface area contributed by atoms with Crippen molar-refractivity contribution in [3.63, 3.8) is 0 Å². The van der Waals surface area contributed by atoms with Crippen LogP contribution in [-0.4, -0.2) is 19.7 Å². The van der Waals surface area contributed by atoms with Gasteiger partial charge < -0.3 is 5.11 Å². The van der Waals surface area contributed by atoms with E-state index in [2.05, 4.69) is 23.9 Å². The molecule has 5 heteroatoms. The fraction of sp³-hybridized carbons (Fsp3) is 0.333. The van der Waals surface area contributed by atoms with Gasteiger partial charge in [0.05, 0.1) is 11.0 Å². The van der Waals surface area contributed by atoms with Gasteiger partial charge in [0.1, 0.15) is 10.8 Å². The van der Waals surface area contributed by atoms with E-state index in [1.54, 1.807) is 23.5 Å². The Labute approximate surface area is 103 Å². The molecular weight excluding hydrogens is 234 g/mol. The quantitative estimate of drug-likeness (QED) is 0.757. The van der Waals surface area contributed by atoms with Crippen LogP contribution in [0.5, 0.6) is 5.75 Å². The molecule has 1 aromatic carbocycles. The van der Waals surface area contributed by atoms with E-state index in [0.717, 1.165) is 27.4 Å². The molecule has 3 aromatic rings. The standard InChI is InChI=1S/C12H13N3OS/c1-7(2)5-11-14-15-10-6-8(16)3-4-9(10)13-12(15)17-11/h3-4,6-7,16H,5H2,1-2H3. The zero-order valence-electron chi connectivity index (χ0n) is 9.71. The van der Waals surface area contributed by atoms with E-state index >= 15 is 0 Å². The largest absolute Gasteiger partial charge is 0.508 e. The highest BCUT2D eigenvalue weighted by Crippen LogP contribution is 2.25. The van der Waals surface area contributed by atoms with Crippen LogP contribution in [-0.2, 0) is 6.42 Å². The lowest BCUT2D eigenvalue weighted by molar-refractivity contribution is 0.476. The van der Waals surface area contributed by atoms with E-state index in [1.807, 2.05) is 10.6 Å². The number of hydrogen-bond donors (Lipinski definition) is 1. The average molecular weight is 247 g/mol. The zero-order valence-corrected chi connectivity index (χ0v) is 10.5. The van der Waals surface area contributed by atoms with Gasteiger partial charge in [0.25, 0.3) is 0 Å². The first-order valence-electron chi connectivity index (χ1n) is 5.60. The molecule has 0 atom stereocenters. The van der Waals surface area contributed by atoms with Crippen LogP contribution in [0.2, 0.25) is 0 Å². The van der Waals surface area contributed by atoms with Crippen LogP contribution in [0.1, 0.15) is 18.9 Å². The highest BCUT2D eigenvalue weighted by Gasteiger charge is 2.11. The lowest BCUT2D eigenvalue weighted by Gasteiger charge is -1.97. The van der Waals surface area contributed by atoms with Crippen LogP contribution in [0.25, 0.3) is 16.0 Å². The number of hydrogen-bond acceptors (Lipinski definition) is 4. The Kier molecular flexibility index (Phi) is 2.29.